The van der Waals surface area contributed by atoms with Gasteiger partial charge in [0.2, 0.25) is 11.9 Å². The molecule has 0 radical (unpaired) electrons. The topological polar surface area (TPSA) is 93.3 Å². The molecule has 3 aromatic rings. The molecule has 1 spiro atoms. The van der Waals surface area contributed by atoms with Crippen LogP contribution >= 0.6 is 0 Å². The smallest absolute Gasteiger partial charge is 0.248 e. The fraction of sp³-hybridized carbons (Fsp3) is 0.522. The SMILES string of the molecule is COc1cc(Nc2nc(N3CC4(CCC4)C3)n(CC(C)(C)O)n2)ccc1-n1cnc(C)c1. The lowest BCUT2D eigenvalue weighted by Crippen LogP contribution is -2.60. The van der Waals surface area contributed by atoms with E-state index in [0.717, 1.165) is 41.9 Å². The van der Waals surface area contributed by atoms with Crippen LogP contribution < -0.4 is 15.0 Å². The van der Waals surface area contributed by atoms with Gasteiger partial charge in [0.05, 0.1) is 37.0 Å². The summed E-state index contributed by atoms with van der Waals surface area (Å²) in [5.41, 5.74) is 2.28. The molecule has 32 heavy (non-hydrogen) atoms. The van der Waals surface area contributed by atoms with Gasteiger partial charge in [0.1, 0.15) is 5.75 Å². The Bertz CT molecular complexity index is 1120. The van der Waals surface area contributed by atoms with Crippen molar-refractivity contribution < 1.29 is 9.84 Å². The number of ether oxygens (including phenoxy) is 1. The van der Waals surface area contributed by atoms with Gasteiger partial charge in [-0.1, -0.05) is 6.42 Å². The Morgan fingerprint density at radius 1 is 1.25 bits per heavy atom. The lowest BCUT2D eigenvalue weighted by atomic mass is 9.64. The highest BCUT2D eigenvalue weighted by molar-refractivity contribution is 5.62. The fourth-order valence-electron chi connectivity index (χ4n) is 4.64. The summed E-state index contributed by atoms with van der Waals surface area (Å²) < 4.78 is 9.36. The third-order valence-corrected chi connectivity index (χ3v) is 6.36. The van der Waals surface area contributed by atoms with E-state index in [9.17, 15) is 5.11 Å². The van der Waals surface area contributed by atoms with Crippen LogP contribution in [0.2, 0.25) is 0 Å². The molecule has 9 heteroatoms. The molecule has 0 amide bonds. The average molecular weight is 438 g/mol. The molecule has 0 unspecified atom stereocenters. The maximum atomic E-state index is 10.4. The third-order valence-electron chi connectivity index (χ3n) is 6.36. The normalized spacial score (nSPS) is 17.2. The minimum absolute atomic E-state index is 0.378. The van der Waals surface area contributed by atoms with Crippen LogP contribution in [0.15, 0.2) is 30.7 Å². The maximum absolute atomic E-state index is 10.4. The Morgan fingerprint density at radius 2 is 2.03 bits per heavy atom. The predicted octanol–water partition coefficient (Wildman–Crippen LogP) is 3.29. The molecular formula is C23H31N7O2. The largest absolute Gasteiger partial charge is 0.494 e. The van der Waals surface area contributed by atoms with Gasteiger partial charge in [0.25, 0.3) is 0 Å². The number of hydrogen-bond acceptors (Lipinski definition) is 7. The van der Waals surface area contributed by atoms with Gasteiger partial charge in [0.15, 0.2) is 0 Å². The highest BCUT2D eigenvalue weighted by atomic mass is 16.5. The van der Waals surface area contributed by atoms with Crippen LogP contribution in [-0.2, 0) is 6.54 Å². The fourth-order valence-corrected chi connectivity index (χ4v) is 4.64. The maximum Gasteiger partial charge on any atom is 0.248 e. The van der Waals surface area contributed by atoms with E-state index in [4.69, 9.17) is 9.72 Å². The lowest BCUT2D eigenvalue weighted by molar-refractivity contribution is 0.0554. The molecule has 2 aliphatic rings. The number of nitrogens with one attached hydrogen (secondary N) is 1. The summed E-state index contributed by atoms with van der Waals surface area (Å²) in [5.74, 6) is 2.04. The van der Waals surface area contributed by atoms with Crippen molar-refractivity contribution in [3.05, 3.63) is 36.4 Å². The number of methoxy groups -OCH3 is 1. The van der Waals surface area contributed by atoms with Crippen LogP contribution in [0.5, 0.6) is 5.75 Å². The first-order valence-electron chi connectivity index (χ1n) is 11.1. The van der Waals surface area contributed by atoms with Gasteiger partial charge in [-0.2, -0.15) is 4.98 Å². The molecule has 3 heterocycles. The Kier molecular flexibility index (Phi) is 4.88. The molecule has 2 aromatic heterocycles. The van der Waals surface area contributed by atoms with Crippen molar-refractivity contribution in [2.75, 3.05) is 30.4 Å². The number of nitrogens with zero attached hydrogens (tertiary/aromatic N) is 6. The third kappa shape index (κ3) is 3.92. The van der Waals surface area contributed by atoms with Crippen LogP contribution in [0, 0.1) is 12.3 Å². The number of hydrogen-bond donors (Lipinski definition) is 2. The summed E-state index contributed by atoms with van der Waals surface area (Å²) in [7, 11) is 1.65. The van der Waals surface area contributed by atoms with Gasteiger partial charge in [-0.3, -0.25) is 0 Å². The van der Waals surface area contributed by atoms with E-state index in [1.807, 2.05) is 40.6 Å². The second-order valence-corrected chi connectivity index (χ2v) is 9.85. The van der Waals surface area contributed by atoms with Crippen LogP contribution in [-0.4, -0.2) is 55.2 Å². The molecule has 5 rings (SSSR count). The minimum atomic E-state index is -0.882. The first-order chi connectivity index (χ1) is 15.2. The number of aromatic nitrogens is 5. The summed E-state index contributed by atoms with van der Waals surface area (Å²) >= 11 is 0. The summed E-state index contributed by atoms with van der Waals surface area (Å²) in [5, 5.41) is 18.4. The molecule has 1 aliphatic carbocycles. The number of aryl methyl sites for hydroxylation is 1. The highest BCUT2D eigenvalue weighted by Gasteiger charge is 2.48. The molecule has 0 bridgehead atoms. The Morgan fingerprint density at radius 3 is 2.62 bits per heavy atom. The molecule has 9 nitrogen and oxygen atoms in total. The van der Waals surface area contributed by atoms with Crippen molar-refractivity contribution in [1.82, 2.24) is 24.3 Å². The molecule has 0 atom stereocenters. The van der Waals surface area contributed by atoms with Gasteiger partial charge in [0, 0.05) is 36.5 Å². The summed E-state index contributed by atoms with van der Waals surface area (Å²) in [6.45, 7) is 7.94. The van der Waals surface area contributed by atoms with Gasteiger partial charge in [-0.25, -0.2) is 9.67 Å². The Balaban J connectivity index is 1.39. The summed E-state index contributed by atoms with van der Waals surface area (Å²) in [4.78, 5) is 11.3. The Hall–Kier alpha value is -3.07. The molecule has 170 valence electrons. The molecule has 1 aromatic carbocycles. The average Bonchev–Trinajstić information content (AvgIpc) is 3.24. The molecular weight excluding hydrogens is 406 g/mol. The zero-order valence-electron chi connectivity index (χ0n) is 19.2. The van der Waals surface area contributed by atoms with Crippen molar-refractivity contribution in [2.45, 2.75) is 52.2 Å². The van der Waals surface area contributed by atoms with E-state index in [1.54, 1.807) is 27.3 Å². The second kappa shape index (κ2) is 7.51. The van der Waals surface area contributed by atoms with E-state index in [1.165, 1.54) is 19.3 Å². The summed E-state index contributed by atoms with van der Waals surface area (Å²) in [6.07, 6.45) is 7.66. The van der Waals surface area contributed by atoms with Gasteiger partial charge < -0.3 is 24.6 Å². The van der Waals surface area contributed by atoms with E-state index >= 15 is 0 Å². The highest BCUT2D eigenvalue weighted by Crippen LogP contribution is 2.49. The van der Waals surface area contributed by atoms with Gasteiger partial charge in [-0.15, -0.1) is 5.10 Å². The number of imidazole rings is 1. The minimum Gasteiger partial charge on any atom is -0.494 e. The van der Waals surface area contributed by atoms with Crippen molar-refractivity contribution >= 4 is 17.6 Å². The monoisotopic (exact) mass is 437 g/mol. The van der Waals surface area contributed by atoms with Crippen LogP contribution in [0.1, 0.15) is 38.8 Å². The zero-order valence-corrected chi connectivity index (χ0v) is 19.2. The number of aliphatic hydroxyl groups is 1. The van der Waals surface area contributed by atoms with Crippen LogP contribution in [0.4, 0.5) is 17.6 Å². The number of rotatable bonds is 7. The molecule has 1 saturated heterocycles. The first-order valence-corrected chi connectivity index (χ1v) is 11.1. The van der Waals surface area contributed by atoms with E-state index in [2.05, 4.69) is 20.3 Å². The first kappa shape index (κ1) is 20.8. The molecule has 1 saturated carbocycles. The zero-order chi connectivity index (χ0) is 22.5. The van der Waals surface area contributed by atoms with Gasteiger partial charge in [-0.05, 0) is 45.7 Å². The second-order valence-electron chi connectivity index (χ2n) is 9.85. The van der Waals surface area contributed by atoms with Gasteiger partial charge >= 0.3 is 0 Å². The predicted molar refractivity (Wildman–Crippen MR) is 123 cm³/mol. The molecule has 2 fully saturated rings. The van der Waals surface area contributed by atoms with Crippen LogP contribution in [0.25, 0.3) is 5.69 Å². The van der Waals surface area contributed by atoms with Crippen molar-refractivity contribution in [3.8, 4) is 11.4 Å². The quantitative estimate of drug-likeness (QED) is 0.586. The Labute approximate surface area is 188 Å². The molecule has 2 N–H and O–H groups in total. The number of benzene rings is 1. The van der Waals surface area contributed by atoms with Crippen LogP contribution in [0.3, 0.4) is 0 Å². The van der Waals surface area contributed by atoms with Crippen molar-refractivity contribution in [1.29, 1.82) is 0 Å². The van der Waals surface area contributed by atoms with Crippen molar-refractivity contribution in [3.63, 3.8) is 0 Å². The standard InChI is InChI=1S/C23H31N7O2/c1-16-11-28(15-24-16)18-7-6-17(10-19(18)32-4)25-20-26-21(30(27-20)12-22(2,3)31)29-13-23(14-29)8-5-9-23/h6-7,10-11,15,31H,5,8-9,12-14H2,1-4H3,(H,25,27). The lowest BCUT2D eigenvalue weighted by Gasteiger charge is -2.56. The van der Waals surface area contributed by atoms with E-state index in [-0.39, 0.29) is 0 Å². The van der Waals surface area contributed by atoms with Crippen molar-refractivity contribution in [2.24, 2.45) is 5.41 Å². The molecule has 1 aliphatic heterocycles. The number of anilines is 3. The van der Waals surface area contributed by atoms with E-state index < -0.39 is 5.60 Å². The van der Waals surface area contributed by atoms with E-state index in [0.29, 0.717) is 17.9 Å². The summed E-state index contributed by atoms with van der Waals surface area (Å²) in [6, 6.07) is 5.87.